The van der Waals surface area contributed by atoms with Gasteiger partial charge in [0.2, 0.25) is 0 Å². The molecule has 0 aliphatic heterocycles. The normalized spacial score (nSPS) is 13.9. The molecule has 0 aromatic heterocycles. The molecule has 1 aromatic carbocycles. The molecule has 1 rings (SSSR count). The van der Waals surface area contributed by atoms with Gasteiger partial charge in [-0.3, -0.25) is 0 Å². The van der Waals surface area contributed by atoms with Crippen LogP contribution >= 0.6 is 0 Å². The SMILES string of the molecule is CCC(C)(C)C(N)Cc1ccccc1F. The van der Waals surface area contributed by atoms with Gasteiger partial charge in [0.25, 0.3) is 0 Å². The molecule has 0 radical (unpaired) electrons. The second-order valence-electron chi connectivity index (χ2n) is 4.74. The molecule has 0 saturated carbocycles. The van der Waals surface area contributed by atoms with Crippen molar-refractivity contribution in [2.45, 2.75) is 39.7 Å². The van der Waals surface area contributed by atoms with Crippen LogP contribution < -0.4 is 5.73 Å². The maximum absolute atomic E-state index is 13.4. The first-order valence-corrected chi connectivity index (χ1v) is 5.46. The first-order valence-electron chi connectivity index (χ1n) is 5.46. The Labute approximate surface area is 91.5 Å². The quantitative estimate of drug-likeness (QED) is 0.810. The Kier molecular flexibility index (Phi) is 3.86. The Morgan fingerprint density at radius 2 is 1.93 bits per heavy atom. The third-order valence-electron chi connectivity index (χ3n) is 3.31. The number of hydrogen-bond donors (Lipinski definition) is 1. The average Bonchev–Trinajstić information content (AvgIpc) is 2.21. The van der Waals surface area contributed by atoms with Crippen molar-refractivity contribution in [1.82, 2.24) is 0 Å². The molecule has 1 atom stereocenters. The molecular weight excluding hydrogens is 189 g/mol. The zero-order valence-corrected chi connectivity index (χ0v) is 9.76. The summed E-state index contributed by atoms with van der Waals surface area (Å²) in [7, 11) is 0. The summed E-state index contributed by atoms with van der Waals surface area (Å²) in [5.41, 5.74) is 6.87. The third-order valence-corrected chi connectivity index (χ3v) is 3.31. The Balaban J connectivity index is 2.75. The van der Waals surface area contributed by atoms with Crippen molar-refractivity contribution in [3.05, 3.63) is 35.6 Å². The highest BCUT2D eigenvalue weighted by molar-refractivity contribution is 5.18. The minimum absolute atomic E-state index is 0.000556. The van der Waals surface area contributed by atoms with Crippen LogP contribution in [0.2, 0.25) is 0 Å². The summed E-state index contributed by atoms with van der Waals surface area (Å²) in [6.45, 7) is 6.36. The van der Waals surface area contributed by atoms with Gasteiger partial charge in [0.15, 0.2) is 0 Å². The van der Waals surface area contributed by atoms with E-state index in [-0.39, 0.29) is 17.3 Å². The second kappa shape index (κ2) is 4.75. The van der Waals surface area contributed by atoms with Crippen LogP contribution in [-0.4, -0.2) is 6.04 Å². The summed E-state index contributed by atoms with van der Waals surface area (Å²) in [5, 5.41) is 0. The van der Waals surface area contributed by atoms with Crippen LogP contribution in [0.25, 0.3) is 0 Å². The summed E-state index contributed by atoms with van der Waals surface area (Å²) >= 11 is 0. The molecule has 0 fully saturated rings. The Hall–Kier alpha value is -0.890. The summed E-state index contributed by atoms with van der Waals surface area (Å²) in [5.74, 6) is -0.153. The van der Waals surface area contributed by atoms with Crippen molar-refractivity contribution in [3.63, 3.8) is 0 Å². The van der Waals surface area contributed by atoms with E-state index in [0.29, 0.717) is 12.0 Å². The second-order valence-corrected chi connectivity index (χ2v) is 4.74. The van der Waals surface area contributed by atoms with E-state index >= 15 is 0 Å². The van der Waals surface area contributed by atoms with E-state index < -0.39 is 0 Å². The molecule has 2 N–H and O–H groups in total. The van der Waals surface area contributed by atoms with Gasteiger partial charge in [-0.05, 0) is 29.9 Å². The van der Waals surface area contributed by atoms with E-state index in [1.54, 1.807) is 12.1 Å². The first-order chi connectivity index (χ1) is 6.97. The van der Waals surface area contributed by atoms with E-state index in [1.165, 1.54) is 6.07 Å². The van der Waals surface area contributed by atoms with E-state index in [0.717, 1.165) is 6.42 Å². The van der Waals surface area contributed by atoms with E-state index in [1.807, 2.05) is 6.07 Å². The highest BCUT2D eigenvalue weighted by atomic mass is 19.1. The lowest BCUT2D eigenvalue weighted by Crippen LogP contribution is -2.38. The van der Waals surface area contributed by atoms with Crippen LogP contribution in [-0.2, 0) is 6.42 Å². The Morgan fingerprint density at radius 3 is 2.47 bits per heavy atom. The van der Waals surface area contributed by atoms with Gasteiger partial charge < -0.3 is 5.73 Å². The molecule has 2 heteroatoms. The monoisotopic (exact) mass is 209 g/mol. The van der Waals surface area contributed by atoms with Crippen LogP contribution in [0.3, 0.4) is 0 Å². The van der Waals surface area contributed by atoms with E-state index in [2.05, 4.69) is 20.8 Å². The van der Waals surface area contributed by atoms with Gasteiger partial charge in [0.1, 0.15) is 5.82 Å². The van der Waals surface area contributed by atoms with Gasteiger partial charge in [-0.15, -0.1) is 0 Å². The third kappa shape index (κ3) is 3.03. The zero-order valence-electron chi connectivity index (χ0n) is 9.76. The topological polar surface area (TPSA) is 26.0 Å². The summed E-state index contributed by atoms with van der Waals surface area (Å²) in [4.78, 5) is 0. The van der Waals surface area contributed by atoms with Crippen molar-refractivity contribution < 1.29 is 4.39 Å². The van der Waals surface area contributed by atoms with Crippen molar-refractivity contribution in [2.24, 2.45) is 11.1 Å². The molecule has 0 aliphatic rings. The number of rotatable bonds is 4. The highest BCUT2D eigenvalue weighted by Gasteiger charge is 2.24. The minimum atomic E-state index is -0.153. The van der Waals surface area contributed by atoms with Gasteiger partial charge >= 0.3 is 0 Å². The average molecular weight is 209 g/mol. The molecule has 1 unspecified atom stereocenters. The first kappa shape index (κ1) is 12.2. The maximum atomic E-state index is 13.4. The van der Waals surface area contributed by atoms with Crippen LogP contribution in [0.15, 0.2) is 24.3 Å². The van der Waals surface area contributed by atoms with Crippen molar-refractivity contribution in [2.75, 3.05) is 0 Å². The lowest BCUT2D eigenvalue weighted by atomic mass is 9.79. The fraction of sp³-hybridized carbons (Fsp3) is 0.538. The van der Waals surface area contributed by atoms with Gasteiger partial charge in [-0.1, -0.05) is 39.0 Å². The lowest BCUT2D eigenvalue weighted by molar-refractivity contribution is 0.271. The predicted octanol–water partition coefficient (Wildman–Crippen LogP) is 3.13. The predicted molar refractivity (Wildman–Crippen MR) is 62.2 cm³/mol. The van der Waals surface area contributed by atoms with Gasteiger partial charge in [-0.2, -0.15) is 0 Å². The molecule has 15 heavy (non-hydrogen) atoms. The van der Waals surface area contributed by atoms with Crippen LogP contribution in [0.4, 0.5) is 4.39 Å². The van der Waals surface area contributed by atoms with Gasteiger partial charge in [0.05, 0.1) is 0 Å². The fourth-order valence-electron chi connectivity index (χ4n) is 1.44. The fourth-order valence-corrected chi connectivity index (χ4v) is 1.44. The van der Waals surface area contributed by atoms with Gasteiger partial charge in [0, 0.05) is 6.04 Å². The summed E-state index contributed by atoms with van der Waals surface area (Å²) in [6, 6.07) is 6.85. The molecule has 0 aliphatic carbocycles. The standard InChI is InChI=1S/C13H20FN/c1-4-13(2,3)12(15)9-10-7-5-6-8-11(10)14/h5-8,12H,4,9,15H2,1-3H3. The van der Waals surface area contributed by atoms with Gasteiger partial charge in [-0.25, -0.2) is 4.39 Å². The largest absolute Gasteiger partial charge is 0.327 e. The Bertz CT molecular complexity index is 320. The molecule has 0 heterocycles. The molecule has 1 nitrogen and oxygen atoms in total. The van der Waals surface area contributed by atoms with Crippen LogP contribution in [0.1, 0.15) is 32.8 Å². The minimum Gasteiger partial charge on any atom is -0.327 e. The van der Waals surface area contributed by atoms with Crippen molar-refractivity contribution in [3.8, 4) is 0 Å². The number of halogens is 1. The summed E-state index contributed by atoms with van der Waals surface area (Å²) in [6.07, 6.45) is 1.61. The van der Waals surface area contributed by atoms with Crippen LogP contribution in [0, 0.1) is 11.2 Å². The number of hydrogen-bond acceptors (Lipinski definition) is 1. The summed E-state index contributed by atoms with van der Waals surface area (Å²) < 4.78 is 13.4. The number of nitrogens with two attached hydrogens (primary N) is 1. The molecule has 0 spiro atoms. The molecule has 84 valence electrons. The lowest BCUT2D eigenvalue weighted by Gasteiger charge is -2.30. The van der Waals surface area contributed by atoms with Crippen molar-refractivity contribution >= 4 is 0 Å². The van der Waals surface area contributed by atoms with E-state index in [4.69, 9.17) is 5.73 Å². The Morgan fingerprint density at radius 1 is 1.33 bits per heavy atom. The number of benzene rings is 1. The molecule has 0 amide bonds. The van der Waals surface area contributed by atoms with Crippen LogP contribution in [0.5, 0.6) is 0 Å². The molecular formula is C13H20FN. The zero-order chi connectivity index (χ0) is 11.5. The maximum Gasteiger partial charge on any atom is 0.126 e. The molecule has 1 aromatic rings. The van der Waals surface area contributed by atoms with E-state index in [9.17, 15) is 4.39 Å². The van der Waals surface area contributed by atoms with Crippen molar-refractivity contribution in [1.29, 1.82) is 0 Å². The highest BCUT2D eigenvalue weighted by Crippen LogP contribution is 2.26. The molecule has 0 saturated heterocycles. The molecule has 0 bridgehead atoms. The smallest absolute Gasteiger partial charge is 0.126 e.